The molecule has 0 aromatic carbocycles. The van der Waals surface area contributed by atoms with Gasteiger partial charge >= 0.3 is 0 Å². The Labute approximate surface area is 130 Å². The Kier molecular flexibility index (Phi) is 9.85. The summed E-state index contributed by atoms with van der Waals surface area (Å²) in [7, 11) is 0. The standard InChI is InChI=1S/C20H42/c1-9-10-11-12-20(7,8)15-18(6)14-19(17(4)5)13-16(2)3/h16-19H,9-15H2,1-8H3. The molecule has 20 heavy (non-hydrogen) atoms. The number of rotatable bonds is 11. The largest absolute Gasteiger partial charge is 0.0654 e. The van der Waals surface area contributed by atoms with Crippen LogP contribution in [0.1, 0.15) is 100 Å². The predicted molar refractivity (Wildman–Crippen MR) is 94.1 cm³/mol. The van der Waals surface area contributed by atoms with E-state index in [0.29, 0.717) is 5.41 Å². The molecule has 0 spiro atoms. The summed E-state index contributed by atoms with van der Waals surface area (Å²) >= 11 is 0. The third-order valence-corrected chi connectivity index (χ3v) is 4.78. The van der Waals surface area contributed by atoms with Crippen molar-refractivity contribution in [2.45, 2.75) is 100 Å². The fourth-order valence-electron chi connectivity index (χ4n) is 3.75. The number of unbranched alkanes of at least 4 members (excludes halogenated alkanes) is 2. The highest BCUT2D eigenvalue weighted by Crippen LogP contribution is 2.36. The van der Waals surface area contributed by atoms with Gasteiger partial charge in [-0.15, -0.1) is 0 Å². The molecule has 0 heterocycles. The Morgan fingerprint density at radius 3 is 1.90 bits per heavy atom. The van der Waals surface area contributed by atoms with Gasteiger partial charge in [0.1, 0.15) is 0 Å². The maximum absolute atomic E-state index is 2.48. The Morgan fingerprint density at radius 2 is 1.45 bits per heavy atom. The second-order valence-electron chi connectivity index (χ2n) is 8.80. The van der Waals surface area contributed by atoms with Gasteiger partial charge in [-0.3, -0.25) is 0 Å². The Hall–Kier alpha value is 0. The van der Waals surface area contributed by atoms with Crippen LogP contribution >= 0.6 is 0 Å². The summed E-state index contributed by atoms with van der Waals surface area (Å²) in [5.41, 5.74) is 0.536. The lowest BCUT2D eigenvalue weighted by atomic mass is 9.74. The zero-order valence-electron chi connectivity index (χ0n) is 15.8. The van der Waals surface area contributed by atoms with Crippen molar-refractivity contribution in [2.75, 3.05) is 0 Å². The summed E-state index contributed by atoms with van der Waals surface area (Å²) in [6.07, 6.45) is 9.79. The molecule has 0 aromatic heterocycles. The minimum atomic E-state index is 0.536. The van der Waals surface area contributed by atoms with Gasteiger partial charge in [0, 0.05) is 0 Å². The fraction of sp³-hybridized carbons (Fsp3) is 1.00. The topological polar surface area (TPSA) is 0 Å². The minimum absolute atomic E-state index is 0.536. The second kappa shape index (κ2) is 9.85. The monoisotopic (exact) mass is 282 g/mol. The highest BCUT2D eigenvalue weighted by Gasteiger charge is 2.24. The van der Waals surface area contributed by atoms with Gasteiger partial charge in [0.2, 0.25) is 0 Å². The first-order valence-electron chi connectivity index (χ1n) is 9.18. The van der Waals surface area contributed by atoms with E-state index in [4.69, 9.17) is 0 Å². The van der Waals surface area contributed by atoms with Crippen LogP contribution in [0.3, 0.4) is 0 Å². The highest BCUT2D eigenvalue weighted by atomic mass is 14.3. The molecule has 0 aliphatic rings. The molecule has 0 nitrogen and oxygen atoms in total. The van der Waals surface area contributed by atoms with Crippen molar-refractivity contribution in [1.82, 2.24) is 0 Å². The van der Waals surface area contributed by atoms with E-state index in [2.05, 4.69) is 55.4 Å². The first-order chi connectivity index (χ1) is 9.18. The van der Waals surface area contributed by atoms with Crippen LogP contribution < -0.4 is 0 Å². The van der Waals surface area contributed by atoms with Gasteiger partial charge in [-0.1, -0.05) is 74.7 Å². The Balaban J connectivity index is 4.25. The van der Waals surface area contributed by atoms with Crippen LogP contribution in [-0.2, 0) is 0 Å². The van der Waals surface area contributed by atoms with E-state index in [1.54, 1.807) is 0 Å². The van der Waals surface area contributed by atoms with Crippen molar-refractivity contribution in [2.24, 2.45) is 29.1 Å². The molecule has 0 radical (unpaired) electrons. The molecule has 0 bridgehead atoms. The van der Waals surface area contributed by atoms with Crippen molar-refractivity contribution in [3.63, 3.8) is 0 Å². The van der Waals surface area contributed by atoms with Crippen LogP contribution in [0, 0.1) is 29.1 Å². The molecule has 0 rings (SSSR count). The summed E-state index contributed by atoms with van der Waals surface area (Å²) in [6, 6.07) is 0. The molecule has 0 heteroatoms. The third-order valence-electron chi connectivity index (χ3n) is 4.78. The van der Waals surface area contributed by atoms with E-state index < -0.39 is 0 Å². The number of hydrogen-bond donors (Lipinski definition) is 0. The quantitative estimate of drug-likeness (QED) is 0.348. The molecule has 0 fully saturated rings. The first kappa shape index (κ1) is 20.0. The summed E-state index contributed by atoms with van der Waals surface area (Å²) in [5.74, 6) is 3.46. The van der Waals surface area contributed by atoms with E-state index in [0.717, 1.165) is 23.7 Å². The van der Waals surface area contributed by atoms with E-state index >= 15 is 0 Å². The molecule has 0 saturated carbocycles. The van der Waals surface area contributed by atoms with Gasteiger partial charge < -0.3 is 0 Å². The SMILES string of the molecule is CCCCCC(C)(C)CC(C)CC(CC(C)C)C(C)C. The lowest BCUT2D eigenvalue weighted by Gasteiger charge is -2.32. The zero-order chi connectivity index (χ0) is 15.8. The summed E-state index contributed by atoms with van der Waals surface area (Å²) in [4.78, 5) is 0. The smallest absolute Gasteiger partial charge is 0.0352 e. The zero-order valence-corrected chi connectivity index (χ0v) is 15.8. The molecule has 0 saturated heterocycles. The number of hydrogen-bond acceptors (Lipinski definition) is 0. The molecule has 0 aromatic rings. The van der Waals surface area contributed by atoms with Crippen molar-refractivity contribution in [1.29, 1.82) is 0 Å². The molecule has 0 aliphatic carbocycles. The van der Waals surface area contributed by atoms with Crippen LogP contribution in [0.4, 0.5) is 0 Å². The minimum Gasteiger partial charge on any atom is -0.0654 e. The molecule has 122 valence electrons. The molecule has 0 N–H and O–H groups in total. The molecule has 2 atom stereocenters. The maximum Gasteiger partial charge on any atom is -0.0352 e. The van der Waals surface area contributed by atoms with Crippen molar-refractivity contribution in [3.8, 4) is 0 Å². The summed E-state index contributed by atoms with van der Waals surface area (Å²) in [5, 5.41) is 0. The molecule has 0 aliphatic heterocycles. The predicted octanol–water partition coefficient (Wildman–Crippen LogP) is 7.33. The van der Waals surface area contributed by atoms with Gasteiger partial charge in [-0.05, 0) is 54.8 Å². The second-order valence-corrected chi connectivity index (χ2v) is 8.80. The lowest BCUT2D eigenvalue weighted by Crippen LogP contribution is -2.20. The van der Waals surface area contributed by atoms with Crippen molar-refractivity contribution in [3.05, 3.63) is 0 Å². The molecule has 2 unspecified atom stereocenters. The van der Waals surface area contributed by atoms with Crippen LogP contribution in [-0.4, -0.2) is 0 Å². The third kappa shape index (κ3) is 9.83. The van der Waals surface area contributed by atoms with Crippen LogP contribution in [0.15, 0.2) is 0 Å². The Bertz CT molecular complexity index is 224. The van der Waals surface area contributed by atoms with Gasteiger partial charge in [-0.2, -0.15) is 0 Å². The molecule has 0 amide bonds. The van der Waals surface area contributed by atoms with Crippen molar-refractivity contribution >= 4 is 0 Å². The average molecular weight is 283 g/mol. The van der Waals surface area contributed by atoms with Crippen molar-refractivity contribution < 1.29 is 0 Å². The first-order valence-corrected chi connectivity index (χ1v) is 9.18. The fourth-order valence-corrected chi connectivity index (χ4v) is 3.75. The van der Waals surface area contributed by atoms with Gasteiger partial charge in [0.25, 0.3) is 0 Å². The maximum atomic E-state index is 2.48. The van der Waals surface area contributed by atoms with E-state index in [1.807, 2.05) is 0 Å². The van der Waals surface area contributed by atoms with Gasteiger partial charge in [0.05, 0.1) is 0 Å². The molecular weight excluding hydrogens is 240 g/mol. The van der Waals surface area contributed by atoms with Crippen LogP contribution in [0.2, 0.25) is 0 Å². The van der Waals surface area contributed by atoms with E-state index in [1.165, 1.54) is 44.9 Å². The summed E-state index contributed by atoms with van der Waals surface area (Å²) in [6.45, 7) is 19.3. The highest BCUT2D eigenvalue weighted by molar-refractivity contribution is 4.75. The average Bonchev–Trinajstić information content (AvgIpc) is 2.26. The van der Waals surface area contributed by atoms with E-state index in [-0.39, 0.29) is 0 Å². The van der Waals surface area contributed by atoms with Crippen LogP contribution in [0.5, 0.6) is 0 Å². The molecular formula is C20H42. The van der Waals surface area contributed by atoms with Crippen LogP contribution in [0.25, 0.3) is 0 Å². The van der Waals surface area contributed by atoms with Gasteiger partial charge in [0.15, 0.2) is 0 Å². The van der Waals surface area contributed by atoms with Gasteiger partial charge in [-0.25, -0.2) is 0 Å². The summed E-state index contributed by atoms with van der Waals surface area (Å²) < 4.78 is 0. The van der Waals surface area contributed by atoms with E-state index in [9.17, 15) is 0 Å². The Morgan fingerprint density at radius 1 is 0.850 bits per heavy atom. The lowest BCUT2D eigenvalue weighted by molar-refractivity contribution is 0.196. The normalized spacial score (nSPS) is 15.9.